The minimum absolute atomic E-state index is 0.0312. The van der Waals surface area contributed by atoms with E-state index in [9.17, 15) is 4.79 Å². The molecule has 0 radical (unpaired) electrons. The lowest BCUT2D eigenvalue weighted by Crippen LogP contribution is -2.30. The molecular formula is C15H15BrN2OS. The number of carbonyl (C=O) groups excluding carboxylic acids is 1. The molecule has 5 heteroatoms. The van der Waals surface area contributed by atoms with Crippen LogP contribution in [0.4, 0.5) is 5.69 Å². The van der Waals surface area contributed by atoms with Gasteiger partial charge in [0.2, 0.25) is 0 Å². The Morgan fingerprint density at radius 3 is 2.95 bits per heavy atom. The molecule has 2 heterocycles. The van der Waals surface area contributed by atoms with Gasteiger partial charge in [-0.15, -0.1) is 0 Å². The fourth-order valence-electron chi connectivity index (χ4n) is 2.70. The van der Waals surface area contributed by atoms with Crippen molar-refractivity contribution < 1.29 is 4.79 Å². The molecule has 1 aliphatic rings. The molecule has 3 rings (SSSR count). The van der Waals surface area contributed by atoms with Gasteiger partial charge >= 0.3 is 0 Å². The highest BCUT2D eigenvalue weighted by atomic mass is 79.9. The number of nitrogens with zero attached hydrogens (tertiary/aromatic N) is 1. The number of nitrogens with two attached hydrogens (primary N) is 1. The van der Waals surface area contributed by atoms with Gasteiger partial charge in [0.05, 0.1) is 11.6 Å². The summed E-state index contributed by atoms with van der Waals surface area (Å²) in [6.07, 6.45) is 2.07. The van der Waals surface area contributed by atoms with Crippen LogP contribution in [0.2, 0.25) is 0 Å². The van der Waals surface area contributed by atoms with Gasteiger partial charge < -0.3 is 10.6 Å². The summed E-state index contributed by atoms with van der Waals surface area (Å²) in [5.74, 6) is 0.0312. The maximum Gasteiger partial charge on any atom is 0.256 e. The molecule has 20 heavy (non-hydrogen) atoms. The zero-order valence-electron chi connectivity index (χ0n) is 10.9. The molecule has 1 atom stereocenters. The van der Waals surface area contributed by atoms with Crippen molar-refractivity contribution in [1.82, 2.24) is 4.90 Å². The minimum atomic E-state index is 0.0312. The van der Waals surface area contributed by atoms with E-state index in [1.165, 1.54) is 5.56 Å². The number of rotatable bonds is 2. The lowest BCUT2D eigenvalue weighted by atomic mass is 10.1. The van der Waals surface area contributed by atoms with Crippen molar-refractivity contribution in [2.24, 2.45) is 0 Å². The van der Waals surface area contributed by atoms with Crippen molar-refractivity contribution in [2.45, 2.75) is 18.9 Å². The predicted molar refractivity (Wildman–Crippen MR) is 85.9 cm³/mol. The first-order valence-electron chi connectivity index (χ1n) is 6.55. The number of nitrogen functional groups attached to an aromatic ring is 1. The summed E-state index contributed by atoms with van der Waals surface area (Å²) >= 11 is 5.04. The summed E-state index contributed by atoms with van der Waals surface area (Å²) in [6.45, 7) is 0.800. The Morgan fingerprint density at radius 2 is 2.25 bits per heavy atom. The smallest absolute Gasteiger partial charge is 0.256 e. The van der Waals surface area contributed by atoms with Crippen LogP contribution in [0.1, 0.15) is 34.8 Å². The normalized spacial score (nSPS) is 18.4. The number of hydrogen-bond acceptors (Lipinski definition) is 3. The van der Waals surface area contributed by atoms with Gasteiger partial charge in [0.25, 0.3) is 5.91 Å². The second-order valence-electron chi connectivity index (χ2n) is 4.94. The van der Waals surface area contributed by atoms with Crippen LogP contribution in [0, 0.1) is 0 Å². The summed E-state index contributed by atoms with van der Waals surface area (Å²) in [4.78, 5) is 14.7. The molecular weight excluding hydrogens is 336 g/mol. The van der Waals surface area contributed by atoms with Gasteiger partial charge in [0, 0.05) is 16.7 Å². The standard InChI is InChI=1S/C15H15BrN2OS/c16-11-3-4-12(13(17)8-11)15(19)18-6-1-2-14(18)10-5-7-20-9-10/h3-5,7-9,14H,1-2,6,17H2. The molecule has 0 saturated carbocycles. The highest BCUT2D eigenvalue weighted by Gasteiger charge is 2.31. The fourth-order valence-corrected chi connectivity index (χ4v) is 3.79. The molecule has 0 spiro atoms. The summed E-state index contributed by atoms with van der Waals surface area (Å²) < 4.78 is 0.891. The molecule has 1 fully saturated rings. The molecule has 0 aliphatic carbocycles. The maximum atomic E-state index is 12.7. The number of likely N-dealkylation sites (tertiary alicyclic amines) is 1. The van der Waals surface area contributed by atoms with E-state index < -0.39 is 0 Å². The number of thiophene rings is 1. The highest BCUT2D eigenvalue weighted by Crippen LogP contribution is 2.35. The van der Waals surface area contributed by atoms with Crippen LogP contribution >= 0.6 is 27.3 Å². The van der Waals surface area contributed by atoms with Crippen molar-refractivity contribution in [2.75, 3.05) is 12.3 Å². The molecule has 3 nitrogen and oxygen atoms in total. The topological polar surface area (TPSA) is 46.3 Å². The van der Waals surface area contributed by atoms with E-state index in [-0.39, 0.29) is 11.9 Å². The Hall–Kier alpha value is -1.33. The first kappa shape index (κ1) is 13.6. The predicted octanol–water partition coefficient (Wildman–Crippen LogP) is 4.07. The number of anilines is 1. The van der Waals surface area contributed by atoms with Crippen LogP contribution in [-0.4, -0.2) is 17.4 Å². The van der Waals surface area contributed by atoms with Gasteiger partial charge in [-0.05, 0) is 53.4 Å². The Bertz CT molecular complexity index is 627. The van der Waals surface area contributed by atoms with E-state index in [0.717, 1.165) is 23.9 Å². The maximum absolute atomic E-state index is 12.7. The zero-order valence-corrected chi connectivity index (χ0v) is 13.3. The number of hydrogen-bond donors (Lipinski definition) is 1. The van der Waals surface area contributed by atoms with Crippen LogP contribution in [-0.2, 0) is 0 Å². The molecule has 1 amide bonds. The number of benzene rings is 1. The molecule has 1 aromatic heterocycles. The van der Waals surface area contributed by atoms with Crippen LogP contribution in [0.5, 0.6) is 0 Å². The third-order valence-corrected chi connectivity index (χ3v) is 4.88. The van der Waals surface area contributed by atoms with E-state index in [1.54, 1.807) is 23.5 Å². The van der Waals surface area contributed by atoms with Gasteiger partial charge in [0.1, 0.15) is 0 Å². The van der Waals surface area contributed by atoms with E-state index >= 15 is 0 Å². The van der Waals surface area contributed by atoms with Gasteiger partial charge in [-0.25, -0.2) is 0 Å². The Labute approximate surface area is 130 Å². The summed E-state index contributed by atoms with van der Waals surface area (Å²) in [7, 11) is 0. The van der Waals surface area contributed by atoms with E-state index in [1.807, 2.05) is 11.0 Å². The number of carbonyl (C=O) groups is 1. The fraction of sp³-hybridized carbons (Fsp3) is 0.267. The quantitative estimate of drug-likeness (QED) is 0.829. The largest absolute Gasteiger partial charge is 0.398 e. The molecule has 2 N–H and O–H groups in total. The zero-order chi connectivity index (χ0) is 14.1. The lowest BCUT2D eigenvalue weighted by Gasteiger charge is -2.25. The van der Waals surface area contributed by atoms with Crippen molar-refractivity contribution in [3.63, 3.8) is 0 Å². The highest BCUT2D eigenvalue weighted by molar-refractivity contribution is 9.10. The molecule has 0 bridgehead atoms. The summed E-state index contributed by atoms with van der Waals surface area (Å²) in [6, 6.07) is 7.73. The minimum Gasteiger partial charge on any atom is -0.398 e. The van der Waals surface area contributed by atoms with E-state index in [2.05, 4.69) is 32.8 Å². The third kappa shape index (κ3) is 2.47. The van der Waals surface area contributed by atoms with Gasteiger partial charge in [-0.3, -0.25) is 4.79 Å². The Balaban J connectivity index is 1.89. The molecule has 1 unspecified atom stereocenters. The first-order valence-corrected chi connectivity index (χ1v) is 8.28. The average Bonchev–Trinajstić information content (AvgIpc) is 3.09. The van der Waals surface area contributed by atoms with Crippen molar-refractivity contribution >= 4 is 38.9 Å². The van der Waals surface area contributed by atoms with Crippen molar-refractivity contribution in [3.8, 4) is 0 Å². The third-order valence-electron chi connectivity index (χ3n) is 3.69. The van der Waals surface area contributed by atoms with Crippen LogP contribution in [0.25, 0.3) is 0 Å². The number of halogens is 1. The Kier molecular flexibility index (Phi) is 3.81. The molecule has 104 valence electrons. The SMILES string of the molecule is Nc1cc(Br)ccc1C(=O)N1CCCC1c1ccsc1. The van der Waals surface area contributed by atoms with Gasteiger partial charge in [-0.1, -0.05) is 15.9 Å². The Morgan fingerprint density at radius 1 is 1.40 bits per heavy atom. The van der Waals surface area contributed by atoms with Crippen LogP contribution in [0.15, 0.2) is 39.5 Å². The first-order chi connectivity index (χ1) is 9.66. The van der Waals surface area contributed by atoms with Crippen molar-refractivity contribution in [3.05, 3.63) is 50.6 Å². The monoisotopic (exact) mass is 350 g/mol. The molecule has 1 aliphatic heterocycles. The average molecular weight is 351 g/mol. The van der Waals surface area contributed by atoms with E-state index in [4.69, 9.17) is 5.73 Å². The lowest BCUT2D eigenvalue weighted by molar-refractivity contribution is 0.0737. The molecule has 1 saturated heterocycles. The molecule has 2 aromatic rings. The number of amides is 1. The summed E-state index contributed by atoms with van der Waals surface area (Å²) in [5.41, 5.74) is 8.33. The van der Waals surface area contributed by atoms with Crippen molar-refractivity contribution in [1.29, 1.82) is 0 Å². The van der Waals surface area contributed by atoms with Crippen LogP contribution in [0.3, 0.4) is 0 Å². The second kappa shape index (κ2) is 5.58. The summed E-state index contributed by atoms with van der Waals surface area (Å²) in [5, 5.41) is 4.19. The van der Waals surface area contributed by atoms with E-state index in [0.29, 0.717) is 11.3 Å². The second-order valence-corrected chi connectivity index (χ2v) is 6.64. The van der Waals surface area contributed by atoms with Gasteiger partial charge in [0.15, 0.2) is 0 Å². The van der Waals surface area contributed by atoms with Gasteiger partial charge in [-0.2, -0.15) is 11.3 Å². The van der Waals surface area contributed by atoms with Crippen LogP contribution < -0.4 is 5.73 Å². The molecule has 1 aromatic carbocycles.